The van der Waals surface area contributed by atoms with Gasteiger partial charge in [0, 0.05) is 25.2 Å². The van der Waals surface area contributed by atoms with Gasteiger partial charge in [-0.1, -0.05) is 6.92 Å². The lowest BCUT2D eigenvalue weighted by Gasteiger charge is -2.02. The first-order chi connectivity index (χ1) is 3.89. The topological polar surface area (TPSA) is 24.1 Å². The molecular formula is C5H12N2S. The van der Waals surface area contributed by atoms with Crippen LogP contribution in [0.1, 0.15) is 13.3 Å². The van der Waals surface area contributed by atoms with Crippen molar-refractivity contribution in [2.45, 2.75) is 13.3 Å². The van der Waals surface area contributed by atoms with Crippen molar-refractivity contribution in [1.82, 2.24) is 9.44 Å². The lowest BCUT2D eigenvalue weighted by molar-refractivity contribution is 0.545. The highest BCUT2D eigenvalue weighted by molar-refractivity contribution is 7.95. The fourth-order valence-corrected chi connectivity index (χ4v) is 1.38. The highest BCUT2D eigenvalue weighted by Gasteiger charge is 2.04. The van der Waals surface area contributed by atoms with Crippen molar-refractivity contribution in [1.29, 1.82) is 0 Å². The average Bonchev–Trinajstić information content (AvgIpc) is 1.94. The molecule has 0 spiro atoms. The first-order valence-electron chi connectivity index (χ1n) is 3.01. The van der Waals surface area contributed by atoms with Crippen LogP contribution in [0.5, 0.6) is 0 Å². The summed E-state index contributed by atoms with van der Waals surface area (Å²) in [7, 11) is 0. The van der Waals surface area contributed by atoms with Gasteiger partial charge in [-0.15, -0.1) is 0 Å². The van der Waals surface area contributed by atoms with Gasteiger partial charge < -0.3 is 0 Å². The zero-order chi connectivity index (χ0) is 5.82. The van der Waals surface area contributed by atoms with Crippen molar-refractivity contribution in [2.75, 3.05) is 13.1 Å². The lowest BCUT2D eigenvalue weighted by atomic mass is 10.1. The Kier molecular flexibility index (Phi) is 2.66. The second-order valence-electron chi connectivity index (χ2n) is 2.24. The third kappa shape index (κ3) is 2.03. The molecule has 1 rings (SSSR count). The molecule has 0 aromatic rings. The van der Waals surface area contributed by atoms with Crippen LogP contribution in [0.25, 0.3) is 0 Å². The Labute approximate surface area is 54.7 Å². The number of hydrogen-bond donors (Lipinski definition) is 2. The normalized spacial score (nSPS) is 31.9. The van der Waals surface area contributed by atoms with Gasteiger partial charge in [-0.05, 0) is 12.3 Å². The van der Waals surface area contributed by atoms with Gasteiger partial charge in [0.25, 0.3) is 0 Å². The van der Waals surface area contributed by atoms with Crippen LogP contribution in [0, 0.1) is 5.92 Å². The largest absolute Gasteiger partial charge is 0.251 e. The average molecular weight is 132 g/mol. The van der Waals surface area contributed by atoms with E-state index in [2.05, 4.69) is 16.4 Å². The maximum absolute atomic E-state index is 3.20. The summed E-state index contributed by atoms with van der Waals surface area (Å²) in [5.41, 5.74) is 0. The summed E-state index contributed by atoms with van der Waals surface area (Å²) in [6.07, 6.45) is 1.29. The van der Waals surface area contributed by atoms with E-state index >= 15 is 0 Å². The Morgan fingerprint density at radius 2 is 2.38 bits per heavy atom. The Bertz CT molecular complexity index is 59.4. The first-order valence-corrected chi connectivity index (χ1v) is 3.83. The van der Waals surface area contributed by atoms with Gasteiger partial charge in [-0.2, -0.15) is 0 Å². The van der Waals surface area contributed by atoms with Crippen molar-refractivity contribution in [3.63, 3.8) is 0 Å². The monoisotopic (exact) mass is 132 g/mol. The van der Waals surface area contributed by atoms with Gasteiger partial charge >= 0.3 is 0 Å². The minimum Gasteiger partial charge on any atom is -0.251 e. The molecule has 1 aliphatic rings. The molecule has 0 bridgehead atoms. The van der Waals surface area contributed by atoms with Crippen LogP contribution in [-0.4, -0.2) is 13.1 Å². The third-order valence-corrected chi connectivity index (χ3v) is 1.97. The van der Waals surface area contributed by atoms with Crippen LogP contribution < -0.4 is 9.44 Å². The smallest absolute Gasteiger partial charge is 0.00967 e. The van der Waals surface area contributed by atoms with E-state index in [1.165, 1.54) is 6.42 Å². The molecule has 1 saturated heterocycles. The SMILES string of the molecule is C[C@H]1CCNSNC1. The Hall–Kier alpha value is 0.270. The highest BCUT2D eigenvalue weighted by atomic mass is 32.2. The molecule has 0 radical (unpaired) electrons. The summed E-state index contributed by atoms with van der Waals surface area (Å²) in [5, 5.41) is 0. The van der Waals surface area contributed by atoms with Crippen LogP contribution in [0.15, 0.2) is 0 Å². The molecule has 48 valence electrons. The van der Waals surface area contributed by atoms with Gasteiger partial charge in [0.1, 0.15) is 0 Å². The van der Waals surface area contributed by atoms with Crippen LogP contribution in [-0.2, 0) is 0 Å². The van der Waals surface area contributed by atoms with E-state index in [1.54, 1.807) is 12.1 Å². The summed E-state index contributed by atoms with van der Waals surface area (Å²) < 4.78 is 6.39. The molecule has 1 fully saturated rings. The molecule has 0 saturated carbocycles. The fourth-order valence-electron chi connectivity index (χ4n) is 0.693. The van der Waals surface area contributed by atoms with E-state index in [9.17, 15) is 0 Å². The summed E-state index contributed by atoms with van der Waals surface area (Å²) in [6, 6.07) is 0. The van der Waals surface area contributed by atoms with Crippen molar-refractivity contribution in [3.8, 4) is 0 Å². The molecule has 0 aromatic carbocycles. The van der Waals surface area contributed by atoms with Gasteiger partial charge in [0.15, 0.2) is 0 Å². The molecule has 1 heterocycles. The maximum atomic E-state index is 3.20. The van der Waals surface area contributed by atoms with E-state index in [0.29, 0.717) is 0 Å². The quantitative estimate of drug-likeness (QED) is 0.476. The maximum Gasteiger partial charge on any atom is 0.00967 e. The number of rotatable bonds is 0. The van der Waals surface area contributed by atoms with E-state index in [1.807, 2.05) is 0 Å². The highest BCUT2D eigenvalue weighted by Crippen LogP contribution is 2.04. The van der Waals surface area contributed by atoms with Gasteiger partial charge in [0.05, 0.1) is 0 Å². The van der Waals surface area contributed by atoms with Crippen molar-refractivity contribution in [3.05, 3.63) is 0 Å². The van der Waals surface area contributed by atoms with Gasteiger partial charge in [0.2, 0.25) is 0 Å². The molecule has 0 unspecified atom stereocenters. The number of nitrogens with one attached hydrogen (secondary N) is 2. The zero-order valence-electron chi connectivity index (χ0n) is 5.11. The zero-order valence-corrected chi connectivity index (χ0v) is 5.92. The first kappa shape index (κ1) is 6.39. The molecule has 0 aliphatic carbocycles. The Morgan fingerprint density at radius 3 is 3.25 bits per heavy atom. The molecule has 1 atom stereocenters. The predicted octanol–water partition coefficient (Wildman–Crippen LogP) is 0.769. The summed E-state index contributed by atoms with van der Waals surface area (Å²) in [4.78, 5) is 0. The minimum atomic E-state index is 0.831. The summed E-state index contributed by atoms with van der Waals surface area (Å²) >= 11 is 1.62. The van der Waals surface area contributed by atoms with E-state index in [4.69, 9.17) is 0 Å². The second kappa shape index (κ2) is 3.33. The van der Waals surface area contributed by atoms with Crippen LogP contribution in [0.2, 0.25) is 0 Å². The predicted molar refractivity (Wildman–Crippen MR) is 37.4 cm³/mol. The van der Waals surface area contributed by atoms with E-state index in [-0.39, 0.29) is 0 Å². The molecule has 1 aliphatic heterocycles. The minimum absolute atomic E-state index is 0.831. The Morgan fingerprint density at radius 1 is 1.50 bits per heavy atom. The van der Waals surface area contributed by atoms with Crippen molar-refractivity contribution >= 4 is 12.1 Å². The van der Waals surface area contributed by atoms with Crippen LogP contribution in [0.4, 0.5) is 0 Å². The molecule has 3 heteroatoms. The Balaban J connectivity index is 2.17. The molecule has 8 heavy (non-hydrogen) atoms. The number of hydrogen-bond acceptors (Lipinski definition) is 3. The molecule has 0 amide bonds. The third-order valence-electron chi connectivity index (χ3n) is 1.32. The summed E-state index contributed by atoms with van der Waals surface area (Å²) in [6.45, 7) is 4.54. The molecule has 0 aromatic heterocycles. The van der Waals surface area contributed by atoms with Gasteiger partial charge in [-0.25, -0.2) is 0 Å². The standard InChI is InChI=1S/C5H12N2S/c1-5-2-3-6-8-7-4-5/h5-7H,2-4H2,1H3/t5-/m0/s1. The van der Waals surface area contributed by atoms with Crippen molar-refractivity contribution in [2.24, 2.45) is 5.92 Å². The van der Waals surface area contributed by atoms with Crippen molar-refractivity contribution < 1.29 is 0 Å². The molecule has 2 nitrogen and oxygen atoms in total. The summed E-state index contributed by atoms with van der Waals surface area (Å²) in [5.74, 6) is 0.831. The fraction of sp³-hybridized carbons (Fsp3) is 1.00. The van der Waals surface area contributed by atoms with Gasteiger partial charge in [-0.3, -0.25) is 9.44 Å². The van der Waals surface area contributed by atoms with E-state index < -0.39 is 0 Å². The molecular weight excluding hydrogens is 120 g/mol. The van der Waals surface area contributed by atoms with Crippen LogP contribution >= 0.6 is 12.1 Å². The molecule has 2 N–H and O–H groups in total. The second-order valence-corrected chi connectivity index (χ2v) is 3.02. The van der Waals surface area contributed by atoms with E-state index in [0.717, 1.165) is 19.0 Å². The lowest BCUT2D eigenvalue weighted by Crippen LogP contribution is -2.11. The van der Waals surface area contributed by atoms with Crippen LogP contribution in [0.3, 0.4) is 0 Å².